The van der Waals surface area contributed by atoms with Crippen molar-refractivity contribution in [2.45, 2.75) is 45.3 Å². The molecule has 1 fully saturated rings. The fourth-order valence-electron chi connectivity index (χ4n) is 2.26. The van der Waals surface area contributed by atoms with E-state index in [0.29, 0.717) is 6.04 Å². The Morgan fingerprint density at radius 2 is 2.20 bits per heavy atom. The van der Waals surface area contributed by atoms with Crippen molar-refractivity contribution in [1.29, 1.82) is 0 Å². The van der Waals surface area contributed by atoms with Gasteiger partial charge in [0.15, 0.2) is 0 Å². The van der Waals surface area contributed by atoms with Crippen LogP contribution in [0.1, 0.15) is 33.6 Å². The average molecular weight is 214 g/mol. The molecule has 3 nitrogen and oxygen atoms in total. The monoisotopic (exact) mass is 214 g/mol. The number of likely N-dealkylation sites (N-methyl/N-ethyl adjacent to an activating group) is 1. The normalized spacial score (nSPS) is 24.0. The Balaban J connectivity index is 2.36. The van der Waals surface area contributed by atoms with Crippen LogP contribution in [0.4, 0.5) is 0 Å². The minimum absolute atomic E-state index is 0.0305. The SMILES string of the molecule is CCCC(CN1CCOC(C)(C)C1)NC. The van der Waals surface area contributed by atoms with E-state index in [1.54, 1.807) is 0 Å². The topological polar surface area (TPSA) is 24.5 Å². The summed E-state index contributed by atoms with van der Waals surface area (Å²) in [4.78, 5) is 2.51. The summed E-state index contributed by atoms with van der Waals surface area (Å²) in [6, 6.07) is 0.629. The van der Waals surface area contributed by atoms with Crippen LogP contribution in [0, 0.1) is 0 Å². The summed E-state index contributed by atoms with van der Waals surface area (Å²) in [6.07, 6.45) is 2.51. The Bertz CT molecular complexity index is 182. The highest BCUT2D eigenvalue weighted by Crippen LogP contribution is 2.16. The van der Waals surface area contributed by atoms with E-state index in [-0.39, 0.29) is 5.60 Å². The van der Waals surface area contributed by atoms with E-state index in [9.17, 15) is 0 Å². The minimum atomic E-state index is 0.0305. The Morgan fingerprint density at radius 3 is 2.73 bits per heavy atom. The quantitative estimate of drug-likeness (QED) is 0.750. The van der Waals surface area contributed by atoms with Gasteiger partial charge in [-0.3, -0.25) is 4.90 Å². The summed E-state index contributed by atoms with van der Waals surface area (Å²) in [7, 11) is 2.06. The maximum atomic E-state index is 5.71. The summed E-state index contributed by atoms with van der Waals surface area (Å²) in [5.41, 5.74) is 0.0305. The van der Waals surface area contributed by atoms with Crippen molar-refractivity contribution in [2.75, 3.05) is 33.3 Å². The standard InChI is InChI=1S/C12H26N2O/c1-5-6-11(13-4)9-14-7-8-15-12(2,3)10-14/h11,13H,5-10H2,1-4H3. The number of rotatable bonds is 5. The lowest BCUT2D eigenvalue weighted by Gasteiger charge is -2.39. The molecule has 1 N–H and O–H groups in total. The number of morpholine rings is 1. The number of hydrogen-bond acceptors (Lipinski definition) is 3. The van der Waals surface area contributed by atoms with Gasteiger partial charge in [-0.05, 0) is 27.3 Å². The zero-order chi connectivity index (χ0) is 11.3. The number of ether oxygens (including phenoxy) is 1. The smallest absolute Gasteiger partial charge is 0.0753 e. The molecule has 3 heteroatoms. The molecule has 90 valence electrons. The van der Waals surface area contributed by atoms with Gasteiger partial charge in [-0.2, -0.15) is 0 Å². The highest BCUT2D eigenvalue weighted by molar-refractivity contribution is 4.81. The van der Waals surface area contributed by atoms with Gasteiger partial charge in [-0.1, -0.05) is 13.3 Å². The zero-order valence-corrected chi connectivity index (χ0v) is 10.7. The van der Waals surface area contributed by atoms with Crippen molar-refractivity contribution in [3.05, 3.63) is 0 Å². The Labute approximate surface area is 94.2 Å². The van der Waals surface area contributed by atoms with Crippen LogP contribution in [-0.2, 0) is 4.74 Å². The molecule has 1 rings (SSSR count). The molecule has 0 bridgehead atoms. The van der Waals surface area contributed by atoms with Crippen molar-refractivity contribution in [3.63, 3.8) is 0 Å². The Kier molecular flexibility index (Phi) is 5.03. The molecule has 1 saturated heterocycles. The summed E-state index contributed by atoms with van der Waals surface area (Å²) < 4.78 is 5.71. The molecule has 0 aromatic rings. The van der Waals surface area contributed by atoms with E-state index in [1.807, 2.05) is 0 Å². The van der Waals surface area contributed by atoms with Crippen molar-refractivity contribution < 1.29 is 4.74 Å². The van der Waals surface area contributed by atoms with Crippen LogP contribution in [0.15, 0.2) is 0 Å². The van der Waals surface area contributed by atoms with Crippen molar-refractivity contribution in [1.82, 2.24) is 10.2 Å². The Hall–Kier alpha value is -0.120. The van der Waals surface area contributed by atoms with Crippen molar-refractivity contribution in [3.8, 4) is 0 Å². The summed E-state index contributed by atoms with van der Waals surface area (Å²) in [5.74, 6) is 0. The van der Waals surface area contributed by atoms with Gasteiger partial charge in [-0.25, -0.2) is 0 Å². The number of nitrogens with one attached hydrogen (secondary N) is 1. The first-order valence-corrected chi connectivity index (χ1v) is 6.11. The maximum absolute atomic E-state index is 5.71. The van der Waals surface area contributed by atoms with E-state index < -0.39 is 0 Å². The van der Waals surface area contributed by atoms with Gasteiger partial charge in [0, 0.05) is 25.7 Å². The molecule has 0 radical (unpaired) electrons. The van der Waals surface area contributed by atoms with Gasteiger partial charge in [0.1, 0.15) is 0 Å². The molecular formula is C12H26N2O. The number of nitrogens with zero attached hydrogens (tertiary/aromatic N) is 1. The lowest BCUT2D eigenvalue weighted by Crippen LogP contribution is -2.51. The molecule has 1 unspecified atom stereocenters. The second-order valence-electron chi connectivity index (χ2n) is 5.12. The molecule has 1 aliphatic rings. The maximum Gasteiger partial charge on any atom is 0.0753 e. The van der Waals surface area contributed by atoms with Gasteiger partial charge in [-0.15, -0.1) is 0 Å². The molecule has 0 amide bonds. The Morgan fingerprint density at radius 1 is 1.47 bits per heavy atom. The number of hydrogen-bond donors (Lipinski definition) is 1. The van der Waals surface area contributed by atoms with E-state index in [0.717, 1.165) is 26.2 Å². The highest BCUT2D eigenvalue weighted by atomic mass is 16.5. The molecule has 0 aliphatic carbocycles. The second kappa shape index (κ2) is 5.83. The van der Waals surface area contributed by atoms with Crippen molar-refractivity contribution in [2.24, 2.45) is 0 Å². The van der Waals surface area contributed by atoms with E-state index >= 15 is 0 Å². The van der Waals surface area contributed by atoms with Gasteiger partial charge in [0.2, 0.25) is 0 Å². The first-order chi connectivity index (χ1) is 7.07. The molecule has 1 aliphatic heterocycles. The van der Waals surface area contributed by atoms with E-state index in [2.05, 4.69) is 38.0 Å². The van der Waals surface area contributed by atoms with Crippen LogP contribution in [-0.4, -0.2) is 49.8 Å². The predicted molar refractivity (Wildman–Crippen MR) is 64.2 cm³/mol. The zero-order valence-electron chi connectivity index (χ0n) is 10.7. The predicted octanol–water partition coefficient (Wildman–Crippen LogP) is 1.49. The van der Waals surface area contributed by atoms with Crippen LogP contribution < -0.4 is 5.32 Å². The van der Waals surface area contributed by atoms with Crippen LogP contribution in [0.2, 0.25) is 0 Å². The van der Waals surface area contributed by atoms with Crippen molar-refractivity contribution >= 4 is 0 Å². The molecule has 0 aromatic carbocycles. The van der Waals surface area contributed by atoms with Crippen LogP contribution >= 0.6 is 0 Å². The van der Waals surface area contributed by atoms with Gasteiger partial charge >= 0.3 is 0 Å². The average Bonchev–Trinajstić information content (AvgIpc) is 2.15. The largest absolute Gasteiger partial charge is 0.373 e. The third-order valence-electron chi connectivity index (χ3n) is 3.03. The summed E-state index contributed by atoms with van der Waals surface area (Å²) >= 11 is 0. The fourth-order valence-corrected chi connectivity index (χ4v) is 2.26. The van der Waals surface area contributed by atoms with Gasteiger partial charge in [0.25, 0.3) is 0 Å². The third kappa shape index (κ3) is 4.49. The fraction of sp³-hybridized carbons (Fsp3) is 1.00. The molecule has 1 atom stereocenters. The molecule has 0 aromatic heterocycles. The third-order valence-corrected chi connectivity index (χ3v) is 3.03. The highest BCUT2D eigenvalue weighted by Gasteiger charge is 2.27. The van der Waals surface area contributed by atoms with Crippen LogP contribution in [0.25, 0.3) is 0 Å². The second-order valence-corrected chi connectivity index (χ2v) is 5.12. The first kappa shape index (κ1) is 12.9. The van der Waals surface area contributed by atoms with Crippen LogP contribution in [0.5, 0.6) is 0 Å². The lowest BCUT2D eigenvalue weighted by atomic mass is 10.1. The summed E-state index contributed by atoms with van der Waals surface area (Å²) in [6.45, 7) is 10.7. The minimum Gasteiger partial charge on any atom is -0.373 e. The molecular weight excluding hydrogens is 188 g/mol. The first-order valence-electron chi connectivity index (χ1n) is 6.11. The van der Waals surface area contributed by atoms with Crippen LogP contribution in [0.3, 0.4) is 0 Å². The molecule has 0 saturated carbocycles. The van der Waals surface area contributed by atoms with Gasteiger partial charge in [0.05, 0.1) is 12.2 Å². The molecule has 0 spiro atoms. The van der Waals surface area contributed by atoms with E-state index in [1.165, 1.54) is 12.8 Å². The van der Waals surface area contributed by atoms with E-state index in [4.69, 9.17) is 4.74 Å². The molecule has 1 heterocycles. The summed E-state index contributed by atoms with van der Waals surface area (Å²) in [5, 5.41) is 3.40. The van der Waals surface area contributed by atoms with Gasteiger partial charge < -0.3 is 10.1 Å². The molecule has 15 heavy (non-hydrogen) atoms. The lowest BCUT2D eigenvalue weighted by molar-refractivity contribution is -0.0875.